The summed E-state index contributed by atoms with van der Waals surface area (Å²) in [4.78, 5) is 26.7. The van der Waals surface area contributed by atoms with E-state index in [4.69, 9.17) is 14.2 Å². The molecule has 1 heterocycles. The number of nitrogens with one attached hydrogen (secondary N) is 1. The summed E-state index contributed by atoms with van der Waals surface area (Å²) < 4.78 is 17.7. The fraction of sp³-hybridized carbons (Fsp3) is 0.821. The van der Waals surface area contributed by atoms with Crippen molar-refractivity contribution in [1.29, 1.82) is 0 Å². The molecule has 0 spiro atoms. The first-order valence-electron chi connectivity index (χ1n) is 37.7. The van der Waals surface area contributed by atoms with Crippen molar-refractivity contribution >= 4 is 11.9 Å². The summed E-state index contributed by atoms with van der Waals surface area (Å²) in [7, 11) is 0. The van der Waals surface area contributed by atoms with Crippen LogP contribution < -0.4 is 5.32 Å². The molecule has 0 saturated carbocycles. The van der Waals surface area contributed by atoms with Gasteiger partial charge in [-0.25, -0.2) is 0 Å². The average Bonchev–Trinajstić information content (AvgIpc) is 3.14. The molecule has 0 aromatic carbocycles. The lowest BCUT2D eigenvalue weighted by Crippen LogP contribution is -2.61. The van der Waals surface area contributed by atoms with E-state index in [1.807, 2.05) is 6.08 Å². The summed E-state index contributed by atoms with van der Waals surface area (Å²) in [6.45, 7) is 5.79. The van der Waals surface area contributed by atoms with Gasteiger partial charge < -0.3 is 45.1 Å². The highest BCUT2D eigenvalue weighted by Crippen LogP contribution is 2.26. The number of allylic oxidation sites excluding steroid dienone is 11. The molecule has 1 amide bonds. The van der Waals surface area contributed by atoms with Crippen LogP contribution in [0.3, 0.4) is 0 Å². The van der Waals surface area contributed by atoms with Crippen LogP contribution in [0.15, 0.2) is 72.9 Å². The lowest BCUT2D eigenvalue weighted by Gasteiger charge is -2.41. The number of unbranched alkanes of at least 4 members (excludes halogenated alkanes) is 41. The summed E-state index contributed by atoms with van der Waals surface area (Å²) in [5, 5.41) is 57.3. The average molecular weight is 1250 g/mol. The summed E-state index contributed by atoms with van der Waals surface area (Å²) in [6, 6.07) is -1.04. The van der Waals surface area contributed by atoms with Crippen LogP contribution >= 0.6 is 0 Å². The van der Waals surface area contributed by atoms with Crippen molar-refractivity contribution in [3.05, 3.63) is 72.9 Å². The Hall–Kier alpha value is -2.90. The van der Waals surface area contributed by atoms with Gasteiger partial charge in [-0.2, -0.15) is 0 Å². The minimum absolute atomic E-state index is 0.122. The molecule has 11 heteroatoms. The lowest BCUT2D eigenvalue weighted by atomic mass is 9.99. The molecule has 518 valence electrons. The number of amides is 1. The number of carbonyl (C=O) groups is 2. The second kappa shape index (κ2) is 65.2. The van der Waals surface area contributed by atoms with E-state index in [0.717, 1.165) is 83.5 Å². The van der Waals surface area contributed by atoms with E-state index in [1.54, 1.807) is 6.08 Å². The van der Waals surface area contributed by atoms with E-state index in [9.17, 15) is 35.1 Å². The van der Waals surface area contributed by atoms with Gasteiger partial charge in [-0.15, -0.1) is 0 Å². The Morgan fingerprint density at radius 1 is 0.438 bits per heavy atom. The molecular weight excluding hydrogens is 1110 g/mol. The zero-order valence-corrected chi connectivity index (χ0v) is 57.8. The van der Waals surface area contributed by atoms with Crippen LogP contribution in [0.4, 0.5) is 0 Å². The van der Waals surface area contributed by atoms with E-state index < -0.39 is 67.4 Å². The van der Waals surface area contributed by atoms with Crippen molar-refractivity contribution in [1.82, 2.24) is 5.32 Å². The molecule has 8 unspecified atom stereocenters. The van der Waals surface area contributed by atoms with E-state index in [-0.39, 0.29) is 19.4 Å². The van der Waals surface area contributed by atoms with Gasteiger partial charge in [0.1, 0.15) is 24.4 Å². The third kappa shape index (κ3) is 52.2. The van der Waals surface area contributed by atoms with Crippen molar-refractivity contribution in [2.75, 3.05) is 13.2 Å². The molecule has 0 aromatic rings. The van der Waals surface area contributed by atoms with Crippen molar-refractivity contribution in [3.8, 4) is 0 Å². The van der Waals surface area contributed by atoms with Gasteiger partial charge in [-0.3, -0.25) is 9.59 Å². The minimum Gasteiger partial charge on any atom is -0.454 e. The molecule has 89 heavy (non-hydrogen) atoms. The van der Waals surface area contributed by atoms with Crippen molar-refractivity contribution in [2.24, 2.45) is 0 Å². The van der Waals surface area contributed by atoms with Crippen molar-refractivity contribution < 1.29 is 49.3 Å². The number of carbonyl (C=O) groups excluding carboxylic acids is 2. The molecule has 0 aromatic heterocycles. The van der Waals surface area contributed by atoms with Gasteiger partial charge in [0.2, 0.25) is 5.91 Å². The molecule has 1 aliphatic heterocycles. The molecule has 1 saturated heterocycles. The quantitative estimate of drug-likeness (QED) is 0.0195. The third-order valence-corrected chi connectivity index (χ3v) is 17.6. The molecule has 11 nitrogen and oxygen atoms in total. The van der Waals surface area contributed by atoms with Gasteiger partial charge in [0, 0.05) is 6.42 Å². The Morgan fingerprint density at radius 2 is 0.775 bits per heavy atom. The SMILES string of the molecule is CCCCC/C=C\C/C=C\C/C=C\C/C=C\CCCCCCC(O)C(=O)NC(COC1OC(CO)C(O)C(O)C1OC(=O)CCCCCCCCCCCCCCCCCCC/C=C/CCCCCCCC)C(O)/C=C/CCCCCCCCCCCCC. The molecule has 6 N–H and O–H groups in total. The van der Waals surface area contributed by atoms with Crippen LogP contribution in [0.25, 0.3) is 0 Å². The zero-order valence-electron chi connectivity index (χ0n) is 57.8. The number of aliphatic hydroxyl groups excluding tert-OH is 5. The highest BCUT2D eigenvalue weighted by molar-refractivity contribution is 5.80. The normalized spacial score (nSPS) is 18.5. The zero-order chi connectivity index (χ0) is 64.6. The molecule has 0 bridgehead atoms. The maximum absolute atomic E-state index is 13.5. The second-order valence-corrected chi connectivity index (χ2v) is 26.0. The predicted octanol–water partition coefficient (Wildman–Crippen LogP) is 19.9. The summed E-state index contributed by atoms with van der Waals surface area (Å²) in [5.74, 6) is -1.20. The van der Waals surface area contributed by atoms with Crippen molar-refractivity contribution in [3.63, 3.8) is 0 Å². The number of aliphatic hydroxyl groups is 5. The van der Waals surface area contributed by atoms with Crippen LogP contribution in [-0.2, 0) is 23.8 Å². The fourth-order valence-electron chi connectivity index (χ4n) is 11.6. The van der Waals surface area contributed by atoms with Gasteiger partial charge in [-0.1, -0.05) is 318 Å². The Kier molecular flexibility index (Phi) is 61.6. The first-order valence-corrected chi connectivity index (χ1v) is 37.7. The Bertz CT molecular complexity index is 1730. The maximum Gasteiger partial charge on any atom is 0.306 e. The predicted molar refractivity (Wildman–Crippen MR) is 375 cm³/mol. The molecule has 1 aliphatic rings. The Balaban J connectivity index is 2.55. The fourth-order valence-corrected chi connectivity index (χ4v) is 11.6. The summed E-state index contributed by atoms with van der Waals surface area (Å²) in [5.41, 5.74) is 0. The lowest BCUT2D eigenvalue weighted by molar-refractivity contribution is -0.305. The Labute approximate surface area is 547 Å². The van der Waals surface area contributed by atoms with Gasteiger partial charge in [0.25, 0.3) is 0 Å². The van der Waals surface area contributed by atoms with Crippen molar-refractivity contribution in [2.45, 2.75) is 397 Å². The van der Waals surface area contributed by atoms with Crippen LogP contribution in [0.5, 0.6) is 0 Å². The van der Waals surface area contributed by atoms with Gasteiger partial charge >= 0.3 is 5.97 Å². The summed E-state index contributed by atoms with van der Waals surface area (Å²) in [6.07, 6.45) is 75.2. The van der Waals surface area contributed by atoms with E-state index in [2.05, 4.69) is 86.8 Å². The number of rotatable bonds is 65. The number of esters is 1. The van der Waals surface area contributed by atoms with Crippen LogP contribution in [0.1, 0.15) is 348 Å². The highest BCUT2D eigenvalue weighted by Gasteiger charge is 2.47. The minimum atomic E-state index is -1.62. The molecular formula is C78H141NO10. The first-order chi connectivity index (χ1) is 43.7. The highest BCUT2D eigenvalue weighted by atomic mass is 16.7. The third-order valence-electron chi connectivity index (χ3n) is 17.6. The molecule has 0 aliphatic carbocycles. The van der Waals surface area contributed by atoms with Crippen LogP contribution in [0, 0.1) is 0 Å². The maximum atomic E-state index is 13.5. The van der Waals surface area contributed by atoms with Gasteiger partial charge in [0.15, 0.2) is 12.4 Å². The van der Waals surface area contributed by atoms with Gasteiger partial charge in [-0.05, 0) is 96.3 Å². The molecule has 0 radical (unpaired) electrons. The van der Waals surface area contributed by atoms with Crippen LogP contribution in [-0.4, -0.2) is 99.6 Å². The number of hydrogen-bond acceptors (Lipinski definition) is 10. The molecule has 1 rings (SSSR count). The van der Waals surface area contributed by atoms with Gasteiger partial charge in [0.05, 0.1) is 25.4 Å². The number of ether oxygens (including phenoxy) is 3. The molecule has 8 atom stereocenters. The topological polar surface area (TPSA) is 175 Å². The van der Waals surface area contributed by atoms with E-state index >= 15 is 0 Å². The smallest absolute Gasteiger partial charge is 0.306 e. The number of hydrogen-bond donors (Lipinski definition) is 6. The monoisotopic (exact) mass is 1250 g/mol. The van der Waals surface area contributed by atoms with E-state index in [1.165, 1.54) is 218 Å². The Morgan fingerprint density at radius 3 is 1.19 bits per heavy atom. The van der Waals surface area contributed by atoms with E-state index in [0.29, 0.717) is 12.8 Å². The largest absolute Gasteiger partial charge is 0.454 e. The standard InChI is InChI=1S/C78H141NO10/c1-4-7-10-13-16-19-22-25-27-29-31-33-34-35-36-37-38-39-41-43-45-48-51-54-57-60-63-66-73(83)89-76-75(85)74(84)72(67-80)88-78(76)87-68-69(70(81)64-61-58-55-52-49-46-24-21-18-15-12-9-6-3)79-77(86)71(82)65-62-59-56-53-50-47-44-42-40-32-30-28-26-23-20-17-14-11-8-5-2/h17,20,25-28,32,40,44,47,61,64,69-72,74-76,78,80-82,84-85H,4-16,18-19,21-24,29-31,33-39,41-43,45-46,48-60,62-63,65-68H2,1-3H3,(H,79,86)/b20-17-,27-25+,28-26-,40-32-,47-44-,64-61+. The molecule has 1 fully saturated rings. The first kappa shape index (κ1) is 84.1. The summed E-state index contributed by atoms with van der Waals surface area (Å²) >= 11 is 0. The second-order valence-electron chi connectivity index (χ2n) is 26.0. The van der Waals surface area contributed by atoms with Crippen LogP contribution in [0.2, 0.25) is 0 Å².